The van der Waals surface area contributed by atoms with Crippen LogP contribution >= 0.6 is 0 Å². The Morgan fingerprint density at radius 1 is 1.25 bits per heavy atom. The van der Waals surface area contributed by atoms with Crippen LogP contribution in [0.25, 0.3) is 11.1 Å². The molecule has 3 atom stereocenters. The van der Waals surface area contributed by atoms with Gasteiger partial charge in [0.15, 0.2) is 5.96 Å². The standard InChI is InChI=1S/C23H23N3O2/c1-5-17-14-23(17)20(27)26(3)21(24)25-22(23,2)18-10-6-8-15(12-18)16-9-7-11-19(13-16)28-4/h1,6-13,17H,14H2,2-4H3,(H2,24,25)/t17?,22-,23?/m1/s1. The Morgan fingerprint density at radius 2 is 1.93 bits per heavy atom. The van der Waals surface area contributed by atoms with Gasteiger partial charge in [0, 0.05) is 13.0 Å². The molecule has 1 aliphatic heterocycles. The highest BCUT2D eigenvalue weighted by molar-refractivity contribution is 6.04. The van der Waals surface area contributed by atoms with Gasteiger partial charge >= 0.3 is 0 Å². The normalized spacial score (nSPS) is 28.6. The second-order valence-corrected chi connectivity index (χ2v) is 7.61. The summed E-state index contributed by atoms with van der Waals surface area (Å²) in [5.74, 6) is 3.58. The molecule has 1 heterocycles. The van der Waals surface area contributed by atoms with E-state index in [1.54, 1.807) is 14.2 Å². The van der Waals surface area contributed by atoms with Crippen LogP contribution in [0.3, 0.4) is 0 Å². The first-order chi connectivity index (χ1) is 13.4. The Balaban J connectivity index is 1.86. The minimum Gasteiger partial charge on any atom is -0.497 e. The molecule has 142 valence electrons. The van der Waals surface area contributed by atoms with Gasteiger partial charge in [-0.15, -0.1) is 12.3 Å². The molecule has 1 aliphatic carbocycles. The second kappa shape index (κ2) is 6.13. The van der Waals surface area contributed by atoms with Crippen LogP contribution in [0.5, 0.6) is 5.75 Å². The first kappa shape index (κ1) is 18.1. The van der Waals surface area contributed by atoms with Crippen molar-refractivity contribution in [3.05, 3.63) is 54.1 Å². The molecule has 0 bridgehead atoms. The lowest BCUT2D eigenvalue weighted by Gasteiger charge is -2.41. The maximum Gasteiger partial charge on any atom is 0.239 e. The molecule has 0 saturated heterocycles. The molecule has 2 N–H and O–H groups in total. The monoisotopic (exact) mass is 373 g/mol. The van der Waals surface area contributed by atoms with Gasteiger partial charge in [0.25, 0.3) is 0 Å². The number of rotatable bonds is 3. The van der Waals surface area contributed by atoms with Gasteiger partial charge in [0.05, 0.1) is 12.5 Å². The summed E-state index contributed by atoms with van der Waals surface area (Å²) in [6.07, 6.45) is 6.33. The summed E-state index contributed by atoms with van der Waals surface area (Å²) in [7, 11) is 3.30. The fourth-order valence-corrected chi connectivity index (χ4v) is 4.38. The molecule has 0 aromatic heterocycles. The molecule has 2 aromatic carbocycles. The summed E-state index contributed by atoms with van der Waals surface area (Å²) in [6, 6.07) is 15.9. The van der Waals surface area contributed by atoms with Gasteiger partial charge in [-0.2, -0.15) is 0 Å². The molecule has 2 aliphatic rings. The van der Waals surface area contributed by atoms with Crippen molar-refractivity contribution < 1.29 is 9.53 Å². The number of aliphatic imine (C=N–C) groups is 1. The summed E-state index contributed by atoms with van der Waals surface area (Å²) < 4.78 is 5.34. The van der Waals surface area contributed by atoms with E-state index >= 15 is 0 Å². The lowest BCUT2D eigenvalue weighted by molar-refractivity contribution is -0.136. The minimum absolute atomic E-state index is 0.0581. The number of nitrogens with zero attached hydrogens (tertiary/aromatic N) is 2. The van der Waals surface area contributed by atoms with Gasteiger partial charge in [0.1, 0.15) is 11.3 Å². The average molecular weight is 373 g/mol. The number of nitrogens with two attached hydrogens (primary N) is 1. The van der Waals surface area contributed by atoms with Crippen LogP contribution in [0, 0.1) is 23.7 Å². The number of carbonyl (C=O) groups is 1. The van der Waals surface area contributed by atoms with Gasteiger partial charge in [0.2, 0.25) is 5.91 Å². The Labute approximate surface area is 165 Å². The second-order valence-electron chi connectivity index (χ2n) is 7.61. The molecule has 1 saturated carbocycles. The fourth-order valence-electron chi connectivity index (χ4n) is 4.38. The number of methoxy groups -OCH3 is 1. The Hall–Kier alpha value is -3.26. The first-order valence-corrected chi connectivity index (χ1v) is 9.22. The Kier molecular flexibility index (Phi) is 3.97. The zero-order chi connectivity index (χ0) is 20.1. The smallest absolute Gasteiger partial charge is 0.239 e. The summed E-state index contributed by atoms with van der Waals surface area (Å²) in [6.45, 7) is 1.97. The maximum atomic E-state index is 13.2. The average Bonchev–Trinajstić information content (AvgIpc) is 3.48. The molecule has 1 spiro atoms. The Morgan fingerprint density at radius 3 is 2.57 bits per heavy atom. The lowest BCUT2D eigenvalue weighted by Crippen LogP contribution is -2.55. The highest BCUT2D eigenvalue weighted by Crippen LogP contribution is 2.66. The SMILES string of the molecule is C#CC1CC12C(=O)N(C)C(N)=N[C@]2(C)c1cccc(-c2cccc(OC)c2)c1. The van der Waals surface area contributed by atoms with Crippen LogP contribution < -0.4 is 10.5 Å². The number of carbonyl (C=O) groups excluding carboxylic acids is 1. The van der Waals surface area contributed by atoms with Crippen LogP contribution in [0.1, 0.15) is 18.9 Å². The zero-order valence-electron chi connectivity index (χ0n) is 16.3. The zero-order valence-corrected chi connectivity index (χ0v) is 16.3. The van der Waals surface area contributed by atoms with Gasteiger partial charge in [-0.3, -0.25) is 9.69 Å². The first-order valence-electron chi connectivity index (χ1n) is 9.22. The highest BCUT2D eigenvalue weighted by atomic mass is 16.5. The van der Waals surface area contributed by atoms with E-state index in [9.17, 15) is 4.79 Å². The summed E-state index contributed by atoms with van der Waals surface area (Å²) >= 11 is 0. The third-order valence-electron chi connectivity index (χ3n) is 6.23. The summed E-state index contributed by atoms with van der Waals surface area (Å²) in [5.41, 5.74) is 7.51. The number of hydrogen-bond acceptors (Lipinski definition) is 4. The predicted molar refractivity (Wildman–Crippen MR) is 110 cm³/mol. The Bertz CT molecular complexity index is 1040. The molecule has 4 rings (SSSR count). The van der Waals surface area contributed by atoms with Crippen molar-refractivity contribution >= 4 is 11.9 Å². The summed E-state index contributed by atoms with van der Waals surface area (Å²) in [5, 5.41) is 0. The molecule has 5 heteroatoms. The predicted octanol–water partition coefficient (Wildman–Crippen LogP) is 3.00. The van der Waals surface area contributed by atoms with Crippen molar-refractivity contribution in [1.29, 1.82) is 0 Å². The molecule has 5 nitrogen and oxygen atoms in total. The maximum absolute atomic E-state index is 13.2. The third-order valence-corrected chi connectivity index (χ3v) is 6.23. The van der Waals surface area contributed by atoms with Crippen molar-refractivity contribution in [1.82, 2.24) is 4.90 Å². The van der Waals surface area contributed by atoms with Crippen LogP contribution in [0.15, 0.2) is 53.5 Å². The van der Waals surface area contributed by atoms with E-state index in [0.29, 0.717) is 6.42 Å². The van der Waals surface area contributed by atoms with E-state index in [-0.39, 0.29) is 17.8 Å². The molecule has 1 amide bonds. The molecule has 2 unspecified atom stereocenters. The van der Waals surface area contributed by atoms with Crippen LogP contribution in [-0.2, 0) is 10.3 Å². The van der Waals surface area contributed by atoms with Gasteiger partial charge in [-0.1, -0.05) is 30.3 Å². The van der Waals surface area contributed by atoms with Gasteiger partial charge < -0.3 is 10.5 Å². The topological polar surface area (TPSA) is 67.9 Å². The molecule has 2 aromatic rings. The molecular formula is C23H23N3O2. The van der Waals surface area contributed by atoms with Crippen molar-refractivity contribution in [3.8, 4) is 29.2 Å². The van der Waals surface area contributed by atoms with Gasteiger partial charge in [-0.25, -0.2) is 4.99 Å². The number of ether oxygens (including phenoxy) is 1. The van der Waals surface area contributed by atoms with E-state index in [4.69, 9.17) is 21.9 Å². The fraction of sp³-hybridized carbons (Fsp3) is 0.304. The van der Waals surface area contributed by atoms with Crippen molar-refractivity contribution in [3.63, 3.8) is 0 Å². The van der Waals surface area contributed by atoms with Gasteiger partial charge in [-0.05, 0) is 48.2 Å². The minimum atomic E-state index is -0.813. The number of amides is 1. The molecular weight excluding hydrogens is 350 g/mol. The van der Waals surface area contributed by atoms with E-state index in [1.165, 1.54) is 4.90 Å². The molecule has 28 heavy (non-hydrogen) atoms. The van der Waals surface area contributed by atoms with Crippen molar-refractivity contribution in [2.45, 2.75) is 18.9 Å². The van der Waals surface area contributed by atoms with E-state index in [0.717, 1.165) is 22.4 Å². The molecule has 0 radical (unpaired) electrons. The van der Waals surface area contributed by atoms with E-state index in [1.807, 2.05) is 49.4 Å². The number of hydrogen-bond donors (Lipinski definition) is 1. The highest BCUT2D eigenvalue weighted by Gasteiger charge is 2.72. The lowest BCUT2D eigenvalue weighted by atomic mass is 9.73. The van der Waals surface area contributed by atoms with Crippen LogP contribution in [0.4, 0.5) is 0 Å². The summed E-state index contributed by atoms with van der Waals surface area (Å²) in [4.78, 5) is 19.4. The number of terminal acetylenes is 1. The van der Waals surface area contributed by atoms with Crippen LogP contribution in [-0.4, -0.2) is 30.9 Å². The van der Waals surface area contributed by atoms with Crippen molar-refractivity contribution in [2.24, 2.45) is 22.1 Å². The van der Waals surface area contributed by atoms with E-state index in [2.05, 4.69) is 12.0 Å². The van der Waals surface area contributed by atoms with Crippen LogP contribution in [0.2, 0.25) is 0 Å². The molecule has 1 fully saturated rings. The largest absolute Gasteiger partial charge is 0.497 e. The van der Waals surface area contributed by atoms with Crippen molar-refractivity contribution in [2.75, 3.05) is 14.2 Å². The third kappa shape index (κ3) is 2.34. The number of guanidine groups is 1. The quantitative estimate of drug-likeness (QED) is 0.841. The van der Waals surface area contributed by atoms with E-state index < -0.39 is 11.0 Å². The number of benzene rings is 2.